The van der Waals surface area contributed by atoms with E-state index in [4.69, 9.17) is 11.5 Å². The number of likely N-dealkylation sites (tertiary alicyclic amines) is 1. The highest BCUT2D eigenvalue weighted by Gasteiger charge is 2.26. The summed E-state index contributed by atoms with van der Waals surface area (Å²) < 4.78 is 14.5. The van der Waals surface area contributed by atoms with E-state index in [1.54, 1.807) is 14.0 Å². The number of amides is 2. The fraction of sp³-hybridized carbons (Fsp3) is 0.435. The summed E-state index contributed by atoms with van der Waals surface area (Å²) >= 11 is 0. The predicted octanol–water partition coefficient (Wildman–Crippen LogP) is 2.59. The number of halogens is 1. The molecule has 33 heavy (non-hydrogen) atoms. The van der Waals surface area contributed by atoms with E-state index in [-0.39, 0.29) is 21.8 Å². The van der Waals surface area contributed by atoms with Crippen molar-refractivity contribution in [2.24, 2.45) is 11.5 Å². The highest BCUT2D eigenvalue weighted by molar-refractivity contribution is 5.98. The highest BCUT2D eigenvalue weighted by Crippen LogP contribution is 2.32. The van der Waals surface area contributed by atoms with Crippen LogP contribution in [0.2, 0.25) is 0 Å². The minimum absolute atomic E-state index is 0.0786. The van der Waals surface area contributed by atoms with Gasteiger partial charge < -0.3 is 31.5 Å². The number of quaternary nitrogens is 1. The first-order valence-electron chi connectivity index (χ1n) is 11.0. The fourth-order valence-electron chi connectivity index (χ4n) is 4.25. The van der Waals surface area contributed by atoms with Crippen LogP contribution < -0.4 is 21.7 Å². The molecule has 0 spiro atoms. The van der Waals surface area contributed by atoms with Crippen LogP contribution in [0.3, 0.4) is 0 Å². The summed E-state index contributed by atoms with van der Waals surface area (Å²) in [6, 6.07) is 7.86. The van der Waals surface area contributed by atoms with Gasteiger partial charge in [-0.1, -0.05) is 19.1 Å². The number of anilines is 3. The molecule has 5 N–H and O–H groups in total. The summed E-state index contributed by atoms with van der Waals surface area (Å²) in [4.78, 5) is 29.3. The zero-order valence-electron chi connectivity index (χ0n) is 19.2. The zero-order chi connectivity index (χ0) is 24.3. The van der Waals surface area contributed by atoms with E-state index in [1.165, 1.54) is 11.9 Å². The van der Waals surface area contributed by atoms with Gasteiger partial charge in [0.25, 0.3) is 5.91 Å². The van der Waals surface area contributed by atoms with Gasteiger partial charge >= 0.3 is 0 Å². The van der Waals surface area contributed by atoms with Crippen LogP contribution in [0.5, 0.6) is 0 Å². The first kappa shape index (κ1) is 24.4. The number of carbonyl (C=O) groups excluding carboxylic acids is 2. The summed E-state index contributed by atoms with van der Waals surface area (Å²) in [5.74, 6) is -1.94. The first-order chi connectivity index (χ1) is 15.5. The highest BCUT2D eigenvalue weighted by atomic mass is 19.1. The summed E-state index contributed by atoms with van der Waals surface area (Å²) in [6.07, 6.45) is 2.01. The van der Waals surface area contributed by atoms with E-state index >= 15 is 0 Å². The number of nitrogens with zero attached hydrogens (tertiary/aromatic N) is 3. The number of benzene rings is 1. The van der Waals surface area contributed by atoms with Crippen LogP contribution >= 0.6 is 0 Å². The third kappa shape index (κ3) is 5.58. The van der Waals surface area contributed by atoms with Gasteiger partial charge in [0, 0.05) is 25.6 Å². The maximum atomic E-state index is 14.7. The molecule has 1 unspecified atom stereocenters. The molecule has 0 aliphatic carbocycles. The van der Waals surface area contributed by atoms with Crippen molar-refractivity contribution in [2.45, 2.75) is 38.1 Å². The number of likely N-dealkylation sites (N-methyl/N-ethyl adjacent to an activating group) is 1. The zero-order valence-corrected chi connectivity index (χ0v) is 19.2. The average molecular weight is 459 g/mol. The van der Waals surface area contributed by atoms with E-state index < -0.39 is 23.7 Å². The minimum atomic E-state index is -0.836. The lowest BCUT2D eigenvalue weighted by Crippen LogP contribution is -2.43. The molecule has 0 bridgehead atoms. The number of hydrogen-bond donors (Lipinski definition) is 3. The van der Waals surface area contributed by atoms with Gasteiger partial charge in [-0.25, -0.2) is 9.37 Å². The lowest BCUT2D eigenvalue weighted by atomic mass is 9.89. The van der Waals surface area contributed by atoms with E-state index in [0.29, 0.717) is 31.1 Å². The molecule has 1 fully saturated rings. The lowest BCUT2D eigenvalue weighted by molar-refractivity contribution is -0.866. The van der Waals surface area contributed by atoms with E-state index in [1.807, 2.05) is 24.3 Å². The average Bonchev–Trinajstić information content (AvgIpc) is 2.75. The van der Waals surface area contributed by atoms with Crippen molar-refractivity contribution in [3.05, 3.63) is 52.5 Å². The Morgan fingerprint density at radius 2 is 1.88 bits per heavy atom. The Labute approximate surface area is 192 Å². The van der Waals surface area contributed by atoms with Crippen LogP contribution in [0.4, 0.5) is 21.7 Å². The number of nitrogens with one attached hydrogen (secondary N) is 1. The van der Waals surface area contributed by atoms with Crippen molar-refractivity contribution in [1.29, 1.82) is 0 Å². The van der Waals surface area contributed by atoms with Crippen molar-refractivity contribution in [3.63, 3.8) is 0 Å². The summed E-state index contributed by atoms with van der Waals surface area (Å²) in [5.41, 5.74) is 12.5. The molecule has 2 aromatic rings. The smallest absolute Gasteiger partial charge is 0.252 e. The molecule has 10 heteroatoms. The Morgan fingerprint density at radius 1 is 1.27 bits per heavy atom. The summed E-state index contributed by atoms with van der Waals surface area (Å²) in [6.45, 7) is 2.93. The van der Waals surface area contributed by atoms with E-state index in [2.05, 4.69) is 10.3 Å². The van der Waals surface area contributed by atoms with Crippen LogP contribution in [0.25, 0.3) is 0 Å². The molecule has 0 saturated carbocycles. The quantitative estimate of drug-likeness (QED) is 0.411. The molecule has 178 valence electrons. The number of hydrogen-bond acceptors (Lipinski definition) is 6. The third-order valence-corrected chi connectivity index (χ3v) is 6.29. The number of primary amides is 2. The third-order valence-electron chi connectivity index (χ3n) is 6.29. The van der Waals surface area contributed by atoms with Crippen LogP contribution in [-0.2, 0) is 4.79 Å². The topological polar surface area (TPSA) is 137 Å². The number of nitrogens with two attached hydrogens (primary N) is 2. The van der Waals surface area contributed by atoms with Crippen molar-refractivity contribution in [3.8, 4) is 0 Å². The molecule has 1 aromatic heterocycles. The summed E-state index contributed by atoms with van der Waals surface area (Å²) in [5, 5.41) is 15.1. The molecular formula is C23H31FN6O3. The van der Waals surface area contributed by atoms with Gasteiger partial charge in [0.15, 0.2) is 11.6 Å². The monoisotopic (exact) mass is 458 g/mol. The Hall–Kier alpha value is -3.24. The number of rotatable bonds is 8. The van der Waals surface area contributed by atoms with Crippen LogP contribution in [0.15, 0.2) is 30.3 Å². The van der Waals surface area contributed by atoms with Crippen LogP contribution in [-0.4, -0.2) is 54.7 Å². The molecule has 2 amide bonds. The largest absolute Gasteiger partial charge is 0.633 e. The normalized spacial score (nSPS) is 21.3. The van der Waals surface area contributed by atoms with Crippen molar-refractivity contribution in [2.75, 3.05) is 37.4 Å². The standard InChI is InChI=1S/C23H31FN6O3/c1-4-19(21(26)32)29(2)23-18(24)13-17(20(25)31)22(28-23)27-16-7-5-14(6-8-16)15-9-11-30(3,33)12-10-15/h5-8,13,15,19H,4,9-12H2,1-3H3,(H2,25,31)(H2,26,32)(H,27,28). The second-order valence-corrected chi connectivity index (χ2v) is 8.76. The van der Waals surface area contributed by atoms with Gasteiger partial charge in [0.1, 0.15) is 11.9 Å². The molecule has 1 aliphatic rings. The molecule has 1 saturated heterocycles. The van der Waals surface area contributed by atoms with Gasteiger partial charge in [-0.05, 0) is 36.1 Å². The SMILES string of the molecule is CCC(C(N)=O)N(C)c1nc(Nc2ccc(C3CC[N+](C)([O-])CC3)cc2)c(C(N)=O)cc1F. The Balaban J connectivity index is 1.86. The van der Waals surface area contributed by atoms with Gasteiger partial charge in [0.2, 0.25) is 5.91 Å². The Kier molecular flexibility index (Phi) is 7.19. The lowest BCUT2D eigenvalue weighted by Gasteiger charge is -2.44. The molecule has 0 radical (unpaired) electrons. The molecular weight excluding hydrogens is 427 g/mol. The molecule has 1 aromatic carbocycles. The first-order valence-corrected chi connectivity index (χ1v) is 11.0. The number of pyridine rings is 1. The second-order valence-electron chi connectivity index (χ2n) is 8.76. The van der Waals surface area contributed by atoms with E-state index in [9.17, 15) is 19.2 Å². The summed E-state index contributed by atoms with van der Waals surface area (Å²) in [7, 11) is 3.22. The van der Waals surface area contributed by atoms with E-state index in [0.717, 1.165) is 24.5 Å². The maximum Gasteiger partial charge on any atom is 0.252 e. The number of piperidine rings is 1. The fourth-order valence-corrected chi connectivity index (χ4v) is 4.25. The van der Waals surface area contributed by atoms with Gasteiger partial charge in [0.05, 0.1) is 25.7 Å². The van der Waals surface area contributed by atoms with Gasteiger partial charge in [-0.2, -0.15) is 0 Å². The van der Waals surface area contributed by atoms with Crippen molar-refractivity contribution >= 4 is 29.1 Å². The van der Waals surface area contributed by atoms with Crippen LogP contribution in [0.1, 0.15) is 48.0 Å². The van der Waals surface area contributed by atoms with Gasteiger partial charge in [-0.15, -0.1) is 0 Å². The number of hydroxylamine groups is 3. The minimum Gasteiger partial charge on any atom is -0.633 e. The maximum absolute atomic E-state index is 14.7. The predicted molar refractivity (Wildman–Crippen MR) is 125 cm³/mol. The van der Waals surface area contributed by atoms with Gasteiger partial charge in [-0.3, -0.25) is 9.59 Å². The Bertz CT molecular complexity index is 1020. The molecule has 1 aliphatic heterocycles. The second kappa shape index (κ2) is 9.72. The number of aromatic nitrogens is 1. The molecule has 2 heterocycles. The molecule has 1 atom stereocenters. The Morgan fingerprint density at radius 3 is 2.39 bits per heavy atom. The van der Waals surface area contributed by atoms with Crippen molar-refractivity contribution < 1.29 is 18.6 Å². The molecule has 3 rings (SSSR count). The van der Waals surface area contributed by atoms with Crippen LogP contribution in [0, 0.1) is 11.0 Å². The molecule has 9 nitrogen and oxygen atoms in total. The van der Waals surface area contributed by atoms with Crippen molar-refractivity contribution in [1.82, 2.24) is 4.98 Å². The number of carbonyl (C=O) groups is 2.